The lowest BCUT2D eigenvalue weighted by atomic mass is 9.47. The Morgan fingerprint density at radius 1 is 0.915 bits per heavy atom. The summed E-state index contributed by atoms with van der Waals surface area (Å²) in [5.41, 5.74) is 1.65. The molecular weight excluding hydrogens is 650 g/mol. The number of aliphatic hydroxyl groups is 3. The van der Waals surface area contributed by atoms with E-state index in [0.29, 0.717) is 30.1 Å². The monoisotopic (exact) mass is 708 g/mol. The van der Waals surface area contributed by atoms with Gasteiger partial charge in [0.2, 0.25) is 0 Å². The van der Waals surface area contributed by atoms with Gasteiger partial charge in [-0.15, -0.1) is 0 Å². The van der Waals surface area contributed by atoms with Gasteiger partial charge in [0.15, 0.2) is 6.29 Å². The number of allylic oxidation sites excluding steroid dienone is 1. The largest absolute Gasteiger partial charge is 0.474 e. The summed E-state index contributed by atoms with van der Waals surface area (Å²) in [5, 5.41) is 30.7. The van der Waals surface area contributed by atoms with Gasteiger partial charge in [0.1, 0.15) is 24.4 Å². The number of ether oxygens (including phenoxy) is 1. The van der Waals surface area contributed by atoms with Crippen LogP contribution in [0.4, 0.5) is 0 Å². The lowest BCUT2D eigenvalue weighted by molar-refractivity contribution is -0.280. The number of phosphoric acid groups is 2. The van der Waals surface area contributed by atoms with Gasteiger partial charge in [-0.2, -0.15) is 0 Å². The Kier molecular flexibility index (Phi) is 11.7. The van der Waals surface area contributed by atoms with E-state index < -0.39 is 59.1 Å². The predicted molar refractivity (Wildman–Crippen MR) is 174 cm³/mol. The zero-order valence-electron chi connectivity index (χ0n) is 28.5. The number of hydrogen-bond acceptors (Lipinski definition) is 9. The van der Waals surface area contributed by atoms with E-state index in [4.69, 9.17) is 23.6 Å². The van der Waals surface area contributed by atoms with Crippen LogP contribution < -0.4 is 0 Å². The Bertz CT molecular complexity index is 1220. The van der Waals surface area contributed by atoms with Crippen LogP contribution in [0.1, 0.15) is 105 Å². The minimum atomic E-state index is -4.94. The van der Waals surface area contributed by atoms with Gasteiger partial charge in [0.05, 0.1) is 12.7 Å². The second-order valence-electron chi connectivity index (χ2n) is 16.1. The fraction of sp³-hybridized carbons (Fsp3) is 0.939. The van der Waals surface area contributed by atoms with Gasteiger partial charge in [-0.1, -0.05) is 65.5 Å². The molecule has 0 aromatic heterocycles. The normalized spacial score (nSPS) is 44.2. The number of fused-ring (bicyclic) bond motifs is 5. The summed E-state index contributed by atoms with van der Waals surface area (Å²) >= 11 is 0. The van der Waals surface area contributed by atoms with Crippen molar-refractivity contribution in [2.75, 3.05) is 6.61 Å². The van der Waals surface area contributed by atoms with E-state index in [1.165, 1.54) is 50.5 Å². The van der Waals surface area contributed by atoms with Gasteiger partial charge < -0.3 is 34.7 Å². The zero-order valence-corrected chi connectivity index (χ0v) is 30.3. The van der Waals surface area contributed by atoms with Crippen molar-refractivity contribution < 1.29 is 57.4 Å². The van der Waals surface area contributed by atoms with E-state index in [0.717, 1.165) is 36.5 Å². The highest BCUT2D eigenvalue weighted by molar-refractivity contribution is 7.47. The summed E-state index contributed by atoms with van der Waals surface area (Å²) in [6, 6.07) is 0. The Labute approximate surface area is 279 Å². The summed E-state index contributed by atoms with van der Waals surface area (Å²) in [6.45, 7) is 11.2. The third kappa shape index (κ3) is 8.15. The maximum Gasteiger partial charge on any atom is 0.474 e. The minimum absolute atomic E-state index is 0.000365. The topological polar surface area (TPSA) is 192 Å². The van der Waals surface area contributed by atoms with Gasteiger partial charge in [0.25, 0.3) is 0 Å². The van der Waals surface area contributed by atoms with Crippen molar-refractivity contribution in [3.05, 3.63) is 11.6 Å². The first-order chi connectivity index (χ1) is 21.8. The van der Waals surface area contributed by atoms with Crippen LogP contribution in [-0.2, 0) is 27.4 Å². The van der Waals surface area contributed by atoms with Crippen LogP contribution in [0.3, 0.4) is 0 Å². The third-order valence-corrected chi connectivity index (χ3v) is 14.4. The fourth-order valence-electron chi connectivity index (χ4n) is 10.4. The van der Waals surface area contributed by atoms with Crippen LogP contribution in [0.2, 0.25) is 0 Å². The molecule has 0 amide bonds. The highest BCUT2D eigenvalue weighted by atomic mass is 31.2. The SMILES string of the molecule is CC(C)CCC[C@@H](C)[C@H]1CC[C@H]2[C@@H]3CC=C4C[C@@H](OP(=O)(O)O[C@H]5O[C@H](COP(=O)(O)O)[C@@H](O)[C@@H](O)[C@H]5O)CC[C@]4(C)[C@H]3CC[C@]12C. The van der Waals surface area contributed by atoms with E-state index in [2.05, 4.69) is 45.2 Å². The standard InChI is InChI=1S/C33H58O12P2/c1-19(2)7-6-8-20(3)24-11-12-25-23-10-9-21-17-22(13-15-32(21,4)26(23)14-16-33(24,25)5)44-47(40,41)45-31-30(36)29(35)28(34)27(43-31)18-42-46(37,38)39/h9,19-20,22-31,34-36H,6-8,10-18H2,1-5H3,(H,40,41)(H2,37,38,39)/t20-,22+,23+,24-,25+,26+,27-,28-,29-,30-,31-,32+,33-/m1/s1. The molecule has 5 rings (SSSR count). The maximum absolute atomic E-state index is 13.1. The summed E-state index contributed by atoms with van der Waals surface area (Å²) in [5.74, 6) is 4.23. The molecule has 6 N–H and O–H groups in total. The van der Waals surface area contributed by atoms with Crippen molar-refractivity contribution in [2.24, 2.45) is 46.3 Å². The van der Waals surface area contributed by atoms with Crippen molar-refractivity contribution >= 4 is 15.6 Å². The average molecular weight is 709 g/mol. The first kappa shape index (κ1) is 38.0. The molecule has 14 heteroatoms. The molecule has 5 aliphatic rings. The molecule has 0 aromatic carbocycles. The van der Waals surface area contributed by atoms with Crippen LogP contribution in [0.5, 0.6) is 0 Å². The van der Waals surface area contributed by atoms with Crippen LogP contribution in [0, 0.1) is 46.3 Å². The molecule has 1 aliphatic heterocycles. The second-order valence-corrected chi connectivity index (χ2v) is 18.7. The molecule has 12 nitrogen and oxygen atoms in total. The lowest BCUT2D eigenvalue weighted by Gasteiger charge is -2.58. The smallest absolute Gasteiger partial charge is 0.387 e. The summed E-state index contributed by atoms with van der Waals surface area (Å²) < 4.78 is 44.6. The van der Waals surface area contributed by atoms with Gasteiger partial charge in [0, 0.05) is 0 Å². The quantitative estimate of drug-likeness (QED) is 0.111. The Hall–Kier alpha value is -0.200. The molecule has 0 spiro atoms. The number of hydrogen-bond donors (Lipinski definition) is 6. The van der Waals surface area contributed by atoms with Gasteiger partial charge in [-0.25, -0.2) is 9.13 Å². The number of aliphatic hydroxyl groups excluding tert-OH is 3. The van der Waals surface area contributed by atoms with Crippen LogP contribution in [-0.4, -0.2) is 73.4 Å². The van der Waals surface area contributed by atoms with Crippen molar-refractivity contribution in [2.45, 2.75) is 142 Å². The molecule has 0 radical (unpaired) electrons. The number of rotatable bonds is 12. The van der Waals surface area contributed by atoms with Crippen molar-refractivity contribution in [1.82, 2.24) is 0 Å². The van der Waals surface area contributed by atoms with E-state index in [-0.39, 0.29) is 5.41 Å². The molecule has 14 atom stereocenters. The minimum Gasteiger partial charge on any atom is -0.387 e. The summed E-state index contributed by atoms with van der Waals surface area (Å²) in [7, 11) is -9.78. The first-order valence-electron chi connectivity index (χ1n) is 17.6. The lowest BCUT2D eigenvalue weighted by Crippen LogP contribution is -2.59. The van der Waals surface area contributed by atoms with Crippen molar-refractivity contribution in [1.29, 1.82) is 0 Å². The van der Waals surface area contributed by atoms with Crippen molar-refractivity contribution in [3.8, 4) is 0 Å². The molecular formula is C33H58O12P2. The molecule has 3 saturated carbocycles. The molecule has 272 valence electrons. The van der Waals surface area contributed by atoms with Gasteiger partial charge >= 0.3 is 15.6 Å². The average Bonchev–Trinajstić information content (AvgIpc) is 3.33. The molecule has 0 aromatic rings. The zero-order chi connectivity index (χ0) is 34.5. The Morgan fingerprint density at radius 3 is 2.32 bits per heavy atom. The van der Waals surface area contributed by atoms with Crippen LogP contribution in [0.15, 0.2) is 11.6 Å². The van der Waals surface area contributed by atoms with E-state index >= 15 is 0 Å². The highest BCUT2D eigenvalue weighted by Gasteiger charge is 2.59. The molecule has 0 bridgehead atoms. The Morgan fingerprint density at radius 2 is 1.64 bits per heavy atom. The van der Waals surface area contributed by atoms with E-state index in [9.17, 15) is 29.3 Å². The van der Waals surface area contributed by atoms with E-state index in [1.807, 2.05) is 0 Å². The first-order valence-corrected chi connectivity index (χ1v) is 20.7. The molecule has 4 aliphatic carbocycles. The molecule has 1 saturated heterocycles. The van der Waals surface area contributed by atoms with Crippen molar-refractivity contribution in [3.63, 3.8) is 0 Å². The van der Waals surface area contributed by atoms with E-state index in [1.54, 1.807) is 0 Å². The predicted octanol–water partition coefficient (Wildman–Crippen LogP) is 5.45. The third-order valence-electron chi connectivity index (χ3n) is 12.9. The van der Waals surface area contributed by atoms with Crippen LogP contribution in [0.25, 0.3) is 0 Å². The van der Waals surface area contributed by atoms with Gasteiger partial charge in [-0.3, -0.25) is 13.6 Å². The fourth-order valence-corrected chi connectivity index (χ4v) is 11.8. The van der Waals surface area contributed by atoms with Gasteiger partial charge in [-0.05, 0) is 97.7 Å². The maximum atomic E-state index is 13.1. The number of phosphoric ester groups is 2. The Balaban J connectivity index is 1.20. The molecule has 4 fully saturated rings. The summed E-state index contributed by atoms with van der Waals surface area (Å²) in [6.07, 6.45) is 4.58. The molecule has 1 unspecified atom stereocenters. The molecule has 47 heavy (non-hydrogen) atoms. The molecule has 1 heterocycles. The summed E-state index contributed by atoms with van der Waals surface area (Å²) in [4.78, 5) is 28.6. The highest BCUT2D eigenvalue weighted by Crippen LogP contribution is 2.68. The van der Waals surface area contributed by atoms with Crippen LogP contribution >= 0.6 is 15.6 Å². The second kappa shape index (κ2) is 14.4.